The van der Waals surface area contributed by atoms with E-state index >= 15 is 0 Å². The number of carbonyl (C=O) groups is 3. The highest BCUT2D eigenvalue weighted by molar-refractivity contribution is 7.17. The molecule has 0 aliphatic carbocycles. The number of aliphatic hydroxyl groups excluding tert-OH is 1. The number of rotatable bonds is 13. The van der Waals surface area contributed by atoms with Crippen LogP contribution < -0.4 is 19.1 Å². The summed E-state index contributed by atoms with van der Waals surface area (Å²) in [7, 11) is 0. The number of aryl methyl sites for hydroxylation is 1. The van der Waals surface area contributed by atoms with E-state index in [0.29, 0.717) is 53.9 Å². The standard InChI is InChI=1S/C36H34N2O8S/c1-5-19-45-35(42)33-22(4)37-36(47-33)38-30(29(32(40)34(38)41)31(39)24-13-16-26(17-14-24)43-6-2)25-15-18-27(28(20-25)44-7-3)46-21-23-11-9-8-10-12-23/h5,8-18,20,30,39H,1,6-7,19,21H2,2-4H3/b31-29+. The van der Waals surface area contributed by atoms with Gasteiger partial charge in [-0.3, -0.25) is 14.5 Å². The summed E-state index contributed by atoms with van der Waals surface area (Å²) in [6.45, 7) is 9.93. The highest BCUT2D eigenvalue weighted by Crippen LogP contribution is 2.45. The van der Waals surface area contributed by atoms with Crippen molar-refractivity contribution in [3.8, 4) is 17.2 Å². The van der Waals surface area contributed by atoms with Gasteiger partial charge in [0.15, 0.2) is 16.6 Å². The van der Waals surface area contributed by atoms with Crippen molar-refractivity contribution < 1.29 is 38.4 Å². The second-order valence-corrected chi connectivity index (χ2v) is 11.3. The zero-order valence-electron chi connectivity index (χ0n) is 26.2. The van der Waals surface area contributed by atoms with Crippen molar-refractivity contribution in [3.05, 3.63) is 118 Å². The number of aromatic nitrogens is 1. The van der Waals surface area contributed by atoms with Crippen molar-refractivity contribution in [1.82, 2.24) is 4.98 Å². The van der Waals surface area contributed by atoms with E-state index in [-0.39, 0.29) is 27.9 Å². The van der Waals surface area contributed by atoms with Gasteiger partial charge in [0.2, 0.25) is 0 Å². The van der Waals surface area contributed by atoms with Crippen LogP contribution in [-0.4, -0.2) is 47.6 Å². The number of aliphatic hydroxyl groups is 1. The number of ether oxygens (including phenoxy) is 4. The van der Waals surface area contributed by atoms with E-state index in [1.165, 1.54) is 11.0 Å². The molecule has 1 aliphatic heterocycles. The minimum atomic E-state index is -1.12. The predicted molar refractivity (Wildman–Crippen MR) is 178 cm³/mol. The molecule has 2 heterocycles. The Morgan fingerprint density at radius 3 is 2.38 bits per heavy atom. The fraction of sp³-hybridized carbons (Fsp3) is 0.222. The van der Waals surface area contributed by atoms with Gasteiger partial charge in [0.25, 0.3) is 5.78 Å². The van der Waals surface area contributed by atoms with Crippen LogP contribution in [0.25, 0.3) is 5.76 Å². The number of Topliss-reactive ketones (excluding diaryl/α,β-unsaturated/α-hetero) is 1. The normalized spacial score (nSPS) is 15.4. The molecular formula is C36H34N2O8S. The lowest BCUT2D eigenvalue weighted by atomic mass is 9.95. The third-order valence-electron chi connectivity index (χ3n) is 7.21. The quantitative estimate of drug-likeness (QED) is 0.0545. The third kappa shape index (κ3) is 7.05. The zero-order chi connectivity index (χ0) is 33.5. The molecule has 3 aromatic carbocycles. The Kier molecular flexibility index (Phi) is 10.4. The van der Waals surface area contributed by atoms with Gasteiger partial charge in [0, 0.05) is 5.56 Å². The number of hydrogen-bond donors (Lipinski definition) is 1. The molecule has 1 N–H and O–H groups in total. The minimum absolute atomic E-state index is 0.00297. The van der Waals surface area contributed by atoms with E-state index < -0.39 is 23.7 Å². The van der Waals surface area contributed by atoms with E-state index in [4.69, 9.17) is 18.9 Å². The molecule has 10 nitrogen and oxygen atoms in total. The number of carbonyl (C=O) groups excluding carboxylic acids is 3. The number of thiazole rings is 1. The lowest BCUT2D eigenvalue weighted by molar-refractivity contribution is -0.132. The fourth-order valence-corrected chi connectivity index (χ4v) is 6.06. The monoisotopic (exact) mass is 654 g/mol. The summed E-state index contributed by atoms with van der Waals surface area (Å²) in [6, 6.07) is 20.2. The van der Waals surface area contributed by atoms with Gasteiger partial charge in [0.1, 0.15) is 29.6 Å². The van der Waals surface area contributed by atoms with Gasteiger partial charge in [-0.15, -0.1) is 0 Å². The van der Waals surface area contributed by atoms with Crippen molar-refractivity contribution in [3.63, 3.8) is 0 Å². The number of ketones is 1. The number of esters is 1. The van der Waals surface area contributed by atoms with Gasteiger partial charge in [-0.1, -0.05) is 60.4 Å². The van der Waals surface area contributed by atoms with Crippen LogP contribution in [0.15, 0.2) is 91.0 Å². The first-order chi connectivity index (χ1) is 22.8. The molecule has 47 heavy (non-hydrogen) atoms. The maximum atomic E-state index is 13.8. The van der Waals surface area contributed by atoms with Gasteiger partial charge < -0.3 is 24.1 Å². The number of anilines is 1. The van der Waals surface area contributed by atoms with E-state index in [9.17, 15) is 19.5 Å². The summed E-state index contributed by atoms with van der Waals surface area (Å²) in [6.07, 6.45) is 1.44. The zero-order valence-corrected chi connectivity index (χ0v) is 27.0. The highest BCUT2D eigenvalue weighted by atomic mass is 32.1. The highest BCUT2D eigenvalue weighted by Gasteiger charge is 2.48. The average molecular weight is 655 g/mol. The van der Waals surface area contributed by atoms with E-state index in [1.807, 2.05) is 44.2 Å². The molecule has 1 fully saturated rings. The Bertz CT molecular complexity index is 1810. The van der Waals surface area contributed by atoms with Gasteiger partial charge >= 0.3 is 11.9 Å². The SMILES string of the molecule is C=CCOC(=O)c1sc(N2C(=O)C(=O)/C(=C(/O)c3ccc(OCC)cc3)C2c2ccc(OCc3ccccc3)c(OCC)c2)nc1C. The van der Waals surface area contributed by atoms with E-state index in [2.05, 4.69) is 11.6 Å². The molecule has 1 atom stereocenters. The summed E-state index contributed by atoms with van der Waals surface area (Å²) in [5.74, 6) is -1.40. The molecule has 1 unspecified atom stereocenters. The number of amides is 1. The molecule has 0 radical (unpaired) electrons. The molecule has 0 spiro atoms. The fourth-order valence-electron chi connectivity index (χ4n) is 5.07. The molecule has 242 valence electrons. The van der Waals surface area contributed by atoms with Gasteiger partial charge in [-0.2, -0.15) is 0 Å². The summed E-state index contributed by atoms with van der Waals surface area (Å²) < 4.78 is 22.7. The Morgan fingerprint density at radius 1 is 0.979 bits per heavy atom. The Morgan fingerprint density at radius 2 is 1.70 bits per heavy atom. The van der Waals surface area contributed by atoms with Crippen molar-refractivity contribution in [1.29, 1.82) is 0 Å². The van der Waals surface area contributed by atoms with Crippen LogP contribution in [0.2, 0.25) is 0 Å². The van der Waals surface area contributed by atoms with Gasteiger partial charge in [-0.25, -0.2) is 9.78 Å². The lowest BCUT2D eigenvalue weighted by Gasteiger charge is -2.24. The maximum absolute atomic E-state index is 13.8. The predicted octanol–water partition coefficient (Wildman–Crippen LogP) is 6.80. The molecule has 0 bridgehead atoms. The third-order valence-corrected chi connectivity index (χ3v) is 8.35. The molecule has 0 saturated carbocycles. The van der Waals surface area contributed by atoms with Crippen LogP contribution in [0, 0.1) is 6.92 Å². The second-order valence-electron chi connectivity index (χ2n) is 10.3. The first-order valence-electron chi connectivity index (χ1n) is 15.0. The molecule has 1 saturated heterocycles. The van der Waals surface area contributed by atoms with Crippen LogP contribution in [0.4, 0.5) is 5.13 Å². The first kappa shape index (κ1) is 33.0. The smallest absolute Gasteiger partial charge is 0.350 e. The Labute approximate surface area is 276 Å². The average Bonchev–Trinajstić information content (AvgIpc) is 3.59. The number of nitrogens with zero attached hydrogens (tertiary/aromatic N) is 2. The van der Waals surface area contributed by atoms with Crippen molar-refractivity contribution in [2.45, 2.75) is 33.4 Å². The largest absolute Gasteiger partial charge is 0.507 e. The summed E-state index contributed by atoms with van der Waals surface area (Å²) in [4.78, 5) is 46.1. The summed E-state index contributed by atoms with van der Waals surface area (Å²) in [5, 5.41) is 11.7. The van der Waals surface area contributed by atoms with Crippen LogP contribution in [0.1, 0.15) is 51.9 Å². The maximum Gasteiger partial charge on any atom is 0.350 e. The molecule has 4 aromatic rings. The molecule has 1 amide bonds. The van der Waals surface area contributed by atoms with E-state index in [1.54, 1.807) is 49.4 Å². The van der Waals surface area contributed by atoms with Crippen LogP contribution in [-0.2, 0) is 20.9 Å². The molecule has 1 aromatic heterocycles. The minimum Gasteiger partial charge on any atom is -0.507 e. The van der Waals surface area contributed by atoms with Crippen LogP contribution in [0.3, 0.4) is 0 Å². The molecule has 11 heteroatoms. The van der Waals surface area contributed by atoms with Crippen LogP contribution in [0.5, 0.6) is 17.2 Å². The summed E-state index contributed by atoms with van der Waals surface area (Å²) >= 11 is 0.916. The van der Waals surface area contributed by atoms with Gasteiger partial charge in [0.05, 0.1) is 30.5 Å². The Hall–Kier alpha value is -5.42. The summed E-state index contributed by atoms with van der Waals surface area (Å²) in [5.41, 5.74) is 1.91. The van der Waals surface area contributed by atoms with Crippen molar-refractivity contribution in [2.75, 3.05) is 24.7 Å². The van der Waals surface area contributed by atoms with Gasteiger partial charge in [-0.05, 0) is 68.3 Å². The number of benzene rings is 3. The lowest BCUT2D eigenvalue weighted by Crippen LogP contribution is -2.29. The number of hydrogen-bond acceptors (Lipinski definition) is 10. The first-order valence-corrected chi connectivity index (χ1v) is 15.8. The van der Waals surface area contributed by atoms with E-state index in [0.717, 1.165) is 16.9 Å². The molecule has 1 aliphatic rings. The Balaban J connectivity index is 1.62. The van der Waals surface area contributed by atoms with Crippen LogP contribution >= 0.6 is 11.3 Å². The second kappa shape index (κ2) is 14.8. The molecular weight excluding hydrogens is 620 g/mol. The van der Waals surface area contributed by atoms with Crippen molar-refractivity contribution >= 4 is 39.9 Å². The van der Waals surface area contributed by atoms with Crippen molar-refractivity contribution in [2.24, 2.45) is 0 Å². The topological polar surface area (TPSA) is 124 Å². The molecule has 5 rings (SSSR count).